The Labute approximate surface area is 127 Å². The van der Waals surface area contributed by atoms with Gasteiger partial charge in [0.2, 0.25) is 0 Å². The van der Waals surface area contributed by atoms with E-state index < -0.39 is 6.10 Å². The number of benzene rings is 2. The van der Waals surface area contributed by atoms with Crippen molar-refractivity contribution in [3.8, 4) is 0 Å². The zero-order valence-corrected chi connectivity index (χ0v) is 12.8. The van der Waals surface area contributed by atoms with E-state index in [0.29, 0.717) is 0 Å². The van der Waals surface area contributed by atoms with Gasteiger partial charge >= 0.3 is 0 Å². The van der Waals surface area contributed by atoms with Gasteiger partial charge in [-0.2, -0.15) is 0 Å². The van der Waals surface area contributed by atoms with Crippen molar-refractivity contribution in [2.45, 2.75) is 24.9 Å². The quantitative estimate of drug-likeness (QED) is 0.914. The predicted molar refractivity (Wildman–Crippen MR) is 86.5 cm³/mol. The third-order valence-corrected chi connectivity index (χ3v) is 4.43. The summed E-state index contributed by atoms with van der Waals surface area (Å²) >= 11 is 0. The highest BCUT2D eigenvalue weighted by Crippen LogP contribution is 2.37. The Kier molecular flexibility index (Phi) is 4.09. The van der Waals surface area contributed by atoms with Crippen molar-refractivity contribution >= 4 is 0 Å². The third-order valence-electron chi connectivity index (χ3n) is 4.43. The molecular weight excluding hydrogens is 258 g/mol. The van der Waals surface area contributed by atoms with E-state index in [2.05, 4.69) is 61.5 Å². The van der Waals surface area contributed by atoms with Crippen LogP contribution in [0.3, 0.4) is 0 Å². The molecule has 0 saturated carbocycles. The Morgan fingerprint density at radius 3 is 2.05 bits per heavy atom. The maximum atomic E-state index is 11.0. The Bertz CT molecular complexity index is 620. The lowest BCUT2D eigenvalue weighted by Crippen LogP contribution is -2.27. The molecule has 0 amide bonds. The summed E-state index contributed by atoms with van der Waals surface area (Å²) in [6.07, 6.45) is 1.60. The van der Waals surface area contributed by atoms with Crippen LogP contribution in [0.4, 0.5) is 0 Å². The van der Waals surface area contributed by atoms with Crippen LogP contribution in [0.2, 0.25) is 0 Å². The van der Waals surface area contributed by atoms with E-state index in [1.165, 1.54) is 16.7 Å². The van der Waals surface area contributed by atoms with Gasteiger partial charge in [-0.1, -0.05) is 48.5 Å². The van der Waals surface area contributed by atoms with Crippen molar-refractivity contribution in [1.82, 2.24) is 4.90 Å². The number of fused-ring (bicyclic) bond motifs is 2. The molecule has 2 nitrogen and oxygen atoms in total. The molecule has 0 fully saturated rings. The average molecular weight is 281 g/mol. The normalized spacial score (nSPS) is 21.3. The second-order valence-corrected chi connectivity index (χ2v) is 6.21. The molecule has 2 atom stereocenters. The molecule has 0 bridgehead atoms. The summed E-state index contributed by atoms with van der Waals surface area (Å²) in [4.78, 5) is 2.16. The Hall–Kier alpha value is -1.64. The highest BCUT2D eigenvalue weighted by molar-refractivity contribution is 5.40. The zero-order chi connectivity index (χ0) is 14.8. The molecule has 110 valence electrons. The highest BCUT2D eigenvalue weighted by Gasteiger charge is 2.28. The summed E-state index contributed by atoms with van der Waals surface area (Å²) < 4.78 is 0. The summed E-state index contributed by atoms with van der Waals surface area (Å²) in [5.41, 5.74) is 5.05. The van der Waals surface area contributed by atoms with E-state index in [4.69, 9.17) is 0 Å². The summed E-state index contributed by atoms with van der Waals surface area (Å²) in [6.45, 7) is 0.854. The second-order valence-electron chi connectivity index (χ2n) is 6.21. The molecule has 1 aliphatic carbocycles. The summed E-state index contributed by atoms with van der Waals surface area (Å²) in [5, 5.41) is 11.0. The van der Waals surface area contributed by atoms with Crippen LogP contribution in [-0.2, 0) is 12.8 Å². The van der Waals surface area contributed by atoms with Crippen molar-refractivity contribution in [3.63, 3.8) is 0 Å². The number of hydrogen-bond donors (Lipinski definition) is 1. The fourth-order valence-electron chi connectivity index (χ4n) is 3.42. The van der Waals surface area contributed by atoms with Crippen LogP contribution in [0.5, 0.6) is 0 Å². The van der Waals surface area contributed by atoms with E-state index in [0.717, 1.165) is 24.9 Å². The van der Waals surface area contributed by atoms with Gasteiger partial charge in [0.05, 0.1) is 6.10 Å². The van der Waals surface area contributed by atoms with Crippen molar-refractivity contribution in [2.75, 3.05) is 20.6 Å². The first-order valence-corrected chi connectivity index (χ1v) is 7.65. The average Bonchev–Trinajstić information content (AvgIpc) is 2.49. The van der Waals surface area contributed by atoms with Gasteiger partial charge in [0, 0.05) is 12.5 Å². The van der Waals surface area contributed by atoms with Crippen LogP contribution >= 0.6 is 0 Å². The molecule has 2 aromatic carbocycles. The molecule has 1 N–H and O–H groups in total. The molecule has 3 rings (SSSR count). The van der Waals surface area contributed by atoms with Crippen LogP contribution in [0, 0.1) is 0 Å². The first-order chi connectivity index (χ1) is 10.2. The molecule has 0 spiro atoms. The number of aliphatic hydroxyl groups is 1. The van der Waals surface area contributed by atoms with Crippen molar-refractivity contribution in [2.24, 2.45) is 0 Å². The standard InChI is InChI=1S/C19H23NO/c1-20(2)13-18-16-9-5-3-7-14(16)11-12-15-8-4-6-10-17(15)19(18)21/h3-10,18-19,21H,11-13H2,1-2H3. The topological polar surface area (TPSA) is 23.5 Å². The molecule has 0 radical (unpaired) electrons. The second kappa shape index (κ2) is 6.00. The van der Waals surface area contributed by atoms with E-state index in [1.54, 1.807) is 0 Å². The number of hydrogen-bond acceptors (Lipinski definition) is 2. The molecule has 21 heavy (non-hydrogen) atoms. The van der Waals surface area contributed by atoms with Crippen molar-refractivity contribution in [1.29, 1.82) is 0 Å². The van der Waals surface area contributed by atoms with Crippen LogP contribution in [0.1, 0.15) is 34.3 Å². The Morgan fingerprint density at radius 2 is 1.43 bits per heavy atom. The lowest BCUT2D eigenvalue weighted by atomic mass is 9.80. The van der Waals surface area contributed by atoms with Gasteiger partial charge in [0.1, 0.15) is 0 Å². The smallest absolute Gasteiger partial charge is 0.0873 e. The van der Waals surface area contributed by atoms with E-state index in [9.17, 15) is 5.11 Å². The van der Waals surface area contributed by atoms with Gasteiger partial charge in [-0.15, -0.1) is 0 Å². The Morgan fingerprint density at radius 1 is 0.905 bits per heavy atom. The van der Waals surface area contributed by atoms with E-state index in [-0.39, 0.29) is 5.92 Å². The van der Waals surface area contributed by atoms with E-state index >= 15 is 0 Å². The SMILES string of the molecule is CN(C)CC1c2ccccc2CCc2ccccc2C1O. The zero-order valence-electron chi connectivity index (χ0n) is 12.8. The van der Waals surface area contributed by atoms with Crippen LogP contribution < -0.4 is 0 Å². The number of rotatable bonds is 2. The van der Waals surface area contributed by atoms with E-state index in [1.807, 2.05) is 6.07 Å². The number of likely N-dealkylation sites (N-methyl/N-ethyl adjacent to an activating group) is 1. The summed E-state index contributed by atoms with van der Waals surface area (Å²) in [5.74, 6) is 0.123. The maximum absolute atomic E-state index is 11.0. The van der Waals surface area contributed by atoms with Gasteiger partial charge in [0.15, 0.2) is 0 Å². The molecule has 0 heterocycles. The predicted octanol–water partition coefficient (Wildman–Crippen LogP) is 3.16. The van der Waals surface area contributed by atoms with Crippen LogP contribution in [-0.4, -0.2) is 30.6 Å². The lowest BCUT2D eigenvalue weighted by molar-refractivity contribution is 0.126. The first-order valence-electron chi connectivity index (χ1n) is 7.65. The van der Waals surface area contributed by atoms with Gasteiger partial charge in [-0.3, -0.25) is 0 Å². The van der Waals surface area contributed by atoms with Crippen LogP contribution in [0.25, 0.3) is 0 Å². The minimum absolute atomic E-state index is 0.123. The molecular formula is C19H23NO. The fraction of sp³-hybridized carbons (Fsp3) is 0.368. The monoisotopic (exact) mass is 281 g/mol. The number of aryl methyl sites for hydroxylation is 2. The minimum atomic E-state index is -0.440. The molecule has 2 unspecified atom stereocenters. The lowest BCUT2D eigenvalue weighted by Gasteiger charge is -2.31. The fourth-order valence-corrected chi connectivity index (χ4v) is 3.42. The van der Waals surface area contributed by atoms with Gasteiger partial charge in [0.25, 0.3) is 0 Å². The molecule has 2 heteroatoms. The third kappa shape index (κ3) is 2.87. The van der Waals surface area contributed by atoms with Crippen LogP contribution in [0.15, 0.2) is 48.5 Å². The number of nitrogens with zero attached hydrogens (tertiary/aromatic N) is 1. The van der Waals surface area contributed by atoms with Gasteiger partial charge < -0.3 is 10.0 Å². The molecule has 2 aromatic rings. The van der Waals surface area contributed by atoms with Crippen molar-refractivity contribution in [3.05, 3.63) is 70.8 Å². The number of aliphatic hydroxyl groups excluding tert-OH is 1. The minimum Gasteiger partial charge on any atom is -0.388 e. The molecule has 1 aliphatic rings. The summed E-state index contributed by atoms with van der Waals surface area (Å²) in [7, 11) is 4.14. The molecule has 0 aromatic heterocycles. The van der Waals surface area contributed by atoms with Gasteiger partial charge in [-0.25, -0.2) is 0 Å². The Balaban J connectivity index is 2.09. The molecule has 0 aliphatic heterocycles. The molecule has 0 saturated heterocycles. The van der Waals surface area contributed by atoms with Gasteiger partial charge in [-0.05, 0) is 49.2 Å². The first kappa shape index (κ1) is 14.3. The summed E-state index contributed by atoms with van der Waals surface area (Å²) in [6, 6.07) is 16.9. The largest absolute Gasteiger partial charge is 0.388 e. The highest BCUT2D eigenvalue weighted by atomic mass is 16.3. The van der Waals surface area contributed by atoms with Crippen molar-refractivity contribution < 1.29 is 5.11 Å². The maximum Gasteiger partial charge on any atom is 0.0873 e.